The fourth-order valence-electron chi connectivity index (χ4n) is 5.97. The minimum absolute atomic E-state index is 0.0663. The van der Waals surface area contributed by atoms with Gasteiger partial charge in [0, 0.05) is 67.5 Å². The monoisotopic (exact) mass is 646 g/mol. The molecule has 4 aromatic carbocycles. The third-order valence-electron chi connectivity index (χ3n) is 8.36. The zero-order valence-electron chi connectivity index (χ0n) is 26.0. The average molecular weight is 647 g/mol. The van der Waals surface area contributed by atoms with E-state index in [-0.39, 0.29) is 18.2 Å². The van der Waals surface area contributed by atoms with E-state index in [1.54, 1.807) is 11.8 Å². The van der Waals surface area contributed by atoms with Gasteiger partial charge in [-0.2, -0.15) is 0 Å². The smallest absolute Gasteiger partial charge is 0.210 e. The van der Waals surface area contributed by atoms with Gasteiger partial charge in [0.25, 0.3) is 0 Å². The van der Waals surface area contributed by atoms with Gasteiger partial charge in [-0.1, -0.05) is 71.4 Å². The van der Waals surface area contributed by atoms with Crippen LogP contribution >= 0.6 is 23.4 Å². The van der Waals surface area contributed by atoms with Gasteiger partial charge in [0.15, 0.2) is 5.78 Å². The van der Waals surface area contributed by atoms with Crippen LogP contribution in [0, 0.1) is 6.92 Å². The quantitative estimate of drug-likeness (QED) is 0.0586. The number of benzene rings is 4. The molecule has 0 spiro atoms. The number of carbonyl (C=O) groups excluding carboxylic acids is 2. The van der Waals surface area contributed by atoms with Gasteiger partial charge in [-0.05, 0) is 86.4 Å². The summed E-state index contributed by atoms with van der Waals surface area (Å²) in [5.41, 5.74) is 7.67. The van der Waals surface area contributed by atoms with Gasteiger partial charge in [-0.3, -0.25) is 9.59 Å². The summed E-state index contributed by atoms with van der Waals surface area (Å²) in [6.45, 7) is 5.18. The van der Waals surface area contributed by atoms with E-state index in [1.165, 1.54) is 5.69 Å². The number of aromatic nitrogens is 1. The summed E-state index contributed by atoms with van der Waals surface area (Å²) in [5, 5.41) is 6.03. The lowest BCUT2D eigenvalue weighted by Gasteiger charge is -2.16. The molecule has 1 aliphatic rings. The number of hydrogen-bond acceptors (Lipinski definition) is 5. The van der Waals surface area contributed by atoms with Crippen LogP contribution in [0.5, 0.6) is 0 Å². The maximum Gasteiger partial charge on any atom is 0.210 e. The Labute approximate surface area is 278 Å². The third kappa shape index (κ3) is 6.88. The highest BCUT2D eigenvalue weighted by atomic mass is 35.5. The van der Waals surface area contributed by atoms with Crippen molar-refractivity contribution in [3.05, 3.63) is 141 Å². The number of carbonyl (C=O) groups is 2. The molecule has 7 heteroatoms. The molecule has 1 aromatic heterocycles. The Morgan fingerprint density at radius 2 is 1.70 bits per heavy atom. The number of allylic oxidation sites excluding steroid dienone is 1. The molecule has 0 radical (unpaired) electrons. The van der Waals surface area contributed by atoms with Crippen LogP contribution in [0.15, 0.2) is 113 Å². The van der Waals surface area contributed by atoms with Crippen LogP contribution in [-0.2, 0) is 24.4 Å². The Kier molecular flexibility index (Phi) is 9.86. The summed E-state index contributed by atoms with van der Waals surface area (Å²) in [6, 6.07) is 31.0. The molecular weight excluding hydrogens is 612 g/mol. The van der Waals surface area contributed by atoms with Gasteiger partial charge >= 0.3 is 0 Å². The lowest BCUT2D eigenvalue weighted by Crippen LogP contribution is -2.16. The van der Waals surface area contributed by atoms with Crippen molar-refractivity contribution in [1.82, 2.24) is 4.57 Å². The van der Waals surface area contributed by atoms with Crippen molar-refractivity contribution in [1.29, 1.82) is 0 Å². The predicted molar refractivity (Wildman–Crippen MR) is 189 cm³/mol. The molecule has 0 aliphatic heterocycles. The fourth-order valence-corrected chi connectivity index (χ4v) is 6.95. The number of thioether (sulfide) groups is 1. The molecule has 0 saturated heterocycles. The standard InChI is InChI=1S/C39H35ClN2O3S/c1-3-42-36-19-13-28(38(43)32-12-8-7-9-26(32)2)23-33(36)34-24-29(14-20-37(34)42)39(44)35(41-45-25-27-10-5-4-6-11-27)21-22-46-31-17-15-30(40)16-18-31/h4-12,14-18,20,23-24H,3,13,19,21-22,25H2,1-2H3/b41-35+. The number of nitrogens with zero attached hydrogens (tertiary/aromatic N) is 2. The molecule has 0 amide bonds. The van der Waals surface area contributed by atoms with Crippen molar-refractivity contribution in [3.8, 4) is 0 Å². The van der Waals surface area contributed by atoms with Crippen LogP contribution < -0.4 is 0 Å². The van der Waals surface area contributed by atoms with E-state index in [0.717, 1.165) is 56.6 Å². The summed E-state index contributed by atoms with van der Waals surface area (Å²) >= 11 is 7.70. The Morgan fingerprint density at radius 1 is 0.935 bits per heavy atom. The van der Waals surface area contributed by atoms with Crippen molar-refractivity contribution >= 4 is 57.6 Å². The van der Waals surface area contributed by atoms with Crippen molar-refractivity contribution in [2.75, 3.05) is 5.75 Å². The molecule has 0 bridgehead atoms. The lowest BCUT2D eigenvalue weighted by molar-refractivity contribution is 0.102. The number of oxime groups is 1. The summed E-state index contributed by atoms with van der Waals surface area (Å²) in [4.78, 5) is 34.4. The predicted octanol–water partition coefficient (Wildman–Crippen LogP) is 9.77. The van der Waals surface area contributed by atoms with E-state index in [1.807, 2.05) is 110 Å². The van der Waals surface area contributed by atoms with E-state index in [0.29, 0.717) is 34.9 Å². The Morgan fingerprint density at radius 3 is 2.46 bits per heavy atom. The number of halogens is 1. The highest BCUT2D eigenvalue weighted by molar-refractivity contribution is 7.99. The number of fused-ring (bicyclic) bond motifs is 3. The molecule has 0 N–H and O–H groups in total. The molecule has 0 fully saturated rings. The molecule has 0 saturated carbocycles. The average Bonchev–Trinajstić information content (AvgIpc) is 3.40. The van der Waals surface area contributed by atoms with Crippen LogP contribution in [0.1, 0.15) is 62.9 Å². The summed E-state index contributed by atoms with van der Waals surface area (Å²) < 4.78 is 2.30. The zero-order valence-corrected chi connectivity index (χ0v) is 27.5. The molecule has 0 unspecified atom stereocenters. The lowest BCUT2D eigenvalue weighted by atomic mass is 9.89. The van der Waals surface area contributed by atoms with Gasteiger partial charge in [-0.25, -0.2) is 0 Å². The molecule has 232 valence electrons. The van der Waals surface area contributed by atoms with E-state index in [4.69, 9.17) is 16.4 Å². The van der Waals surface area contributed by atoms with E-state index in [9.17, 15) is 9.59 Å². The highest BCUT2D eigenvalue weighted by Crippen LogP contribution is 2.35. The number of aryl methyl sites for hydroxylation is 2. The second-order valence-electron chi connectivity index (χ2n) is 11.3. The normalized spacial score (nSPS) is 12.9. The Bertz CT molecular complexity index is 1960. The Hall–Kier alpha value is -4.39. The first-order valence-electron chi connectivity index (χ1n) is 15.5. The fraction of sp³-hybridized carbons (Fsp3) is 0.205. The largest absolute Gasteiger partial charge is 0.391 e. The molecule has 1 aliphatic carbocycles. The van der Waals surface area contributed by atoms with E-state index >= 15 is 0 Å². The number of Topliss-reactive ketones (excluding diaryl/α,β-unsaturated/α-hetero) is 2. The SMILES string of the molecule is CCn1c2c(c3cc(C(=O)/C(CCSc4ccc(Cl)cc4)=N/OCc4ccccc4)ccc31)C=C(C(=O)c1ccccc1C)CC2. The summed E-state index contributed by atoms with van der Waals surface area (Å²) in [5.74, 6) is 0.551. The molecule has 5 nitrogen and oxygen atoms in total. The van der Waals surface area contributed by atoms with Crippen molar-refractivity contribution in [3.63, 3.8) is 0 Å². The van der Waals surface area contributed by atoms with Crippen LogP contribution in [-0.4, -0.2) is 27.6 Å². The first-order chi connectivity index (χ1) is 22.4. The van der Waals surface area contributed by atoms with Crippen LogP contribution in [0.25, 0.3) is 17.0 Å². The summed E-state index contributed by atoms with van der Waals surface area (Å²) in [6.07, 6.45) is 3.93. The molecule has 5 aromatic rings. The van der Waals surface area contributed by atoms with Crippen LogP contribution in [0.3, 0.4) is 0 Å². The number of ketones is 2. The maximum atomic E-state index is 14.0. The third-order valence-corrected chi connectivity index (χ3v) is 9.62. The number of rotatable bonds is 12. The topological polar surface area (TPSA) is 60.7 Å². The van der Waals surface area contributed by atoms with Crippen LogP contribution in [0.4, 0.5) is 0 Å². The van der Waals surface area contributed by atoms with Gasteiger partial charge < -0.3 is 9.40 Å². The molecule has 1 heterocycles. The second kappa shape index (κ2) is 14.4. The molecule has 46 heavy (non-hydrogen) atoms. The second-order valence-corrected chi connectivity index (χ2v) is 12.9. The number of hydrogen-bond donors (Lipinski definition) is 0. The molecule has 6 rings (SSSR count). The summed E-state index contributed by atoms with van der Waals surface area (Å²) in [7, 11) is 0. The molecular formula is C39H35ClN2O3S. The minimum atomic E-state index is -0.166. The maximum absolute atomic E-state index is 14.0. The van der Waals surface area contributed by atoms with Gasteiger partial charge in [0.05, 0.1) is 0 Å². The van der Waals surface area contributed by atoms with Crippen molar-refractivity contribution < 1.29 is 14.4 Å². The van der Waals surface area contributed by atoms with E-state index < -0.39 is 0 Å². The van der Waals surface area contributed by atoms with Crippen molar-refractivity contribution in [2.24, 2.45) is 5.16 Å². The van der Waals surface area contributed by atoms with Crippen LogP contribution in [0.2, 0.25) is 5.02 Å². The zero-order chi connectivity index (χ0) is 32.0. The molecule has 0 atom stereocenters. The highest BCUT2D eigenvalue weighted by Gasteiger charge is 2.25. The Balaban J connectivity index is 1.31. The van der Waals surface area contributed by atoms with E-state index in [2.05, 4.69) is 16.6 Å². The first-order valence-corrected chi connectivity index (χ1v) is 16.9. The van der Waals surface area contributed by atoms with Gasteiger partial charge in [0.2, 0.25) is 5.78 Å². The minimum Gasteiger partial charge on any atom is -0.391 e. The van der Waals surface area contributed by atoms with Gasteiger partial charge in [0.1, 0.15) is 12.3 Å². The van der Waals surface area contributed by atoms with Gasteiger partial charge in [-0.15, -0.1) is 11.8 Å². The van der Waals surface area contributed by atoms with Crippen molar-refractivity contribution in [2.45, 2.75) is 51.2 Å². The first kappa shape index (κ1) is 31.6.